The van der Waals surface area contributed by atoms with Crippen LogP contribution in [0.4, 0.5) is 11.4 Å². The molecule has 0 spiro atoms. The molecule has 158 valence electrons. The average Bonchev–Trinajstić information content (AvgIpc) is 2.89. The van der Waals surface area contributed by atoms with Gasteiger partial charge in [0.2, 0.25) is 0 Å². The minimum absolute atomic E-state index is 1.07. The van der Waals surface area contributed by atoms with Gasteiger partial charge < -0.3 is 5.32 Å². The first kappa shape index (κ1) is 20.5. The van der Waals surface area contributed by atoms with E-state index in [-0.39, 0.29) is 0 Å². The van der Waals surface area contributed by atoms with Crippen LogP contribution in [0.5, 0.6) is 0 Å². The first-order chi connectivity index (χ1) is 16.2. The molecule has 1 N–H and O–H groups in total. The second kappa shape index (κ2) is 9.02. The SMILES string of the molecule is C=Cc1ccc(-c2ccc(Nc3ccc4cc(-c5ccc(C=C)cc5)ccc4c3)cc2)cc1. The van der Waals surface area contributed by atoms with E-state index in [1.807, 2.05) is 12.2 Å². The van der Waals surface area contributed by atoms with Gasteiger partial charge >= 0.3 is 0 Å². The number of anilines is 2. The fourth-order valence-electron chi connectivity index (χ4n) is 4.04. The zero-order valence-electron chi connectivity index (χ0n) is 18.5. The molecule has 5 aromatic rings. The Kier molecular flexibility index (Phi) is 5.61. The third-order valence-corrected chi connectivity index (χ3v) is 5.97. The third kappa shape index (κ3) is 4.49. The molecular formula is C32H25N. The van der Waals surface area contributed by atoms with Gasteiger partial charge in [-0.25, -0.2) is 0 Å². The van der Waals surface area contributed by atoms with Crippen LogP contribution in [0.3, 0.4) is 0 Å². The van der Waals surface area contributed by atoms with Gasteiger partial charge in [0.05, 0.1) is 0 Å². The Morgan fingerprint density at radius 1 is 0.424 bits per heavy atom. The normalized spacial score (nSPS) is 10.7. The Bertz CT molecular complexity index is 1420. The van der Waals surface area contributed by atoms with Crippen molar-refractivity contribution in [2.75, 3.05) is 5.32 Å². The molecular weight excluding hydrogens is 398 g/mol. The molecule has 1 heteroatoms. The highest BCUT2D eigenvalue weighted by molar-refractivity contribution is 5.90. The van der Waals surface area contributed by atoms with E-state index in [0.29, 0.717) is 0 Å². The first-order valence-electron chi connectivity index (χ1n) is 11.1. The molecule has 0 fully saturated rings. The van der Waals surface area contributed by atoms with Gasteiger partial charge in [0, 0.05) is 11.4 Å². The molecule has 0 bridgehead atoms. The second-order valence-electron chi connectivity index (χ2n) is 8.13. The fraction of sp³-hybridized carbons (Fsp3) is 0. The van der Waals surface area contributed by atoms with Crippen molar-refractivity contribution in [2.45, 2.75) is 0 Å². The lowest BCUT2D eigenvalue weighted by molar-refractivity contribution is 1.55. The summed E-state index contributed by atoms with van der Waals surface area (Å²) in [5.74, 6) is 0. The average molecular weight is 424 g/mol. The lowest BCUT2D eigenvalue weighted by Crippen LogP contribution is -1.90. The Hall–Kier alpha value is -4.36. The van der Waals surface area contributed by atoms with Gasteiger partial charge in [0.1, 0.15) is 0 Å². The van der Waals surface area contributed by atoms with Crippen LogP contribution >= 0.6 is 0 Å². The summed E-state index contributed by atoms with van der Waals surface area (Å²) in [5, 5.41) is 5.97. The molecule has 5 rings (SSSR count). The monoisotopic (exact) mass is 423 g/mol. The van der Waals surface area contributed by atoms with Crippen molar-refractivity contribution in [1.82, 2.24) is 0 Å². The standard InChI is InChI=1S/C32H25N/c1-3-23-5-9-25(10-6-23)26-15-18-31(19-16-26)33-32-20-17-29-21-28(13-14-30(29)22-32)27-11-7-24(4-2)8-12-27/h3-22,33H,1-2H2. The zero-order valence-corrected chi connectivity index (χ0v) is 18.5. The summed E-state index contributed by atoms with van der Waals surface area (Å²) >= 11 is 0. The highest BCUT2D eigenvalue weighted by Gasteiger charge is 2.03. The number of rotatable bonds is 6. The van der Waals surface area contributed by atoms with E-state index in [4.69, 9.17) is 0 Å². The molecule has 5 aromatic carbocycles. The lowest BCUT2D eigenvalue weighted by Gasteiger charge is -2.10. The van der Waals surface area contributed by atoms with Crippen molar-refractivity contribution in [1.29, 1.82) is 0 Å². The molecule has 1 nitrogen and oxygen atoms in total. The summed E-state index contributed by atoms with van der Waals surface area (Å²) in [5.41, 5.74) is 9.24. The van der Waals surface area contributed by atoms with E-state index in [0.717, 1.165) is 22.5 Å². The molecule has 0 atom stereocenters. The summed E-state index contributed by atoms with van der Waals surface area (Å²) in [7, 11) is 0. The van der Waals surface area contributed by atoms with Crippen LogP contribution in [-0.2, 0) is 0 Å². The van der Waals surface area contributed by atoms with Crippen molar-refractivity contribution in [3.05, 3.63) is 133 Å². The largest absolute Gasteiger partial charge is 0.356 e. The molecule has 0 aromatic heterocycles. The lowest BCUT2D eigenvalue weighted by atomic mass is 10.00. The minimum atomic E-state index is 1.07. The molecule has 0 aliphatic heterocycles. The van der Waals surface area contributed by atoms with Gasteiger partial charge in [-0.1, -0.05) is 104 Å². The van der Waals surface area contributed by atoms with Crippen molar-refractivity contribution in [3.63, 3.8) is 0 Å². The smallest absolute Gasteiger partial charge is 0.0390 e. The zero-order chi connectivity index (χ0) is 22.6. The summed E-state index contributed by atoms with van der Waals surface area (Å²) in [4.78, 5) is 0. The quantitative estimate of drug-likeness (QED) is 0.287. The molecule has 33 heavy (non-hydrogen) atoms. The molecule has 0 radical (unpaired) electrons. The molecule has 0 aliphatic carbocycles. The van der Waals surface area contributed by atoms with Gasteiger partial charge in [-0.15, -0.1) is 0 Å². The van der Waals surface area contributed by atoms with Crippen LogP contribution in [0.2, 0.25) is 0 Å². The summed E-state index contributed by atoms with van der Waals surface area (Å²) in [6, 6.07) is 38.6. The fourth-order valence-corrected chi connectivity index (χ4v) is 4.04. The van der Waals surface area contributed by atoms with Crippen LogP contribution in [0.15, 0.2) is 122 Å². The van der Waals surface area contributed by atoms with E-state index >= 15 is 0 Å². The Morgan fingerprint density at radius 3 is 1.42 bits per heavy atom. The summed E-state index contributed by atoms with van der Waals surface area (Å²) < 4.78 is 0. The first-order valence-corrected chi connectivity index (χ1v) is 11.1. The predicted octanol–water partition coefficient (Wildman–Crippen LogP) is 9.20. The van der Waals surface area contributed by atoms with Crippen molar-refractivity contribution < 1.29 is 0 Å². The number of nitrogens with one attached hydrogen (secondary N) is 1. The molecule has 0 unspecified atom stereocenters. The van der Waals surface area contributed by atoms with E-state index in [1.165, 1.54) is 33.0 Å². The van der Waals surface area contributed by atoms with Crippen molar-refractivity contribution in [2.24, 2.45) is 0 Å². The van der Waals surface area contributed by atoms with E-state index in [1.54, 1.807) is 0 Å². The van der Waals surface area contributed by atoms with Gasteiger partial charge in [0.15, 0.2) is 0 Å². The highest BCUT2D eigenvalue weighted by atomic mass is 14.9. The van der Waals surface area contributed by atoms with Gasteiger partial charge in [-0.05, 0) is 74.5 Å². The van der Waals surface area contributed by atoms with Crippen LogP contribution in [0.1, 0.15) is 11.1 Å². The maximum atomic E-state index is 3.83. The van der Waals surface area contributed by atoms with Gasteiger partial charge in [-0.2, -0.15) is 0 Å². The maximum absolute atomic E-state index is 3.83. The topological polar surface area (TPSA) is 12.0 Å². The minimum Gasteiger partial charge on any atom is -0.356 e. The third-order valence-electron chi connectivity index (χ3n) is 5.97. The van der Waals surface area contributed by atoms with Crippen LogP contribution in [0, 0.1) is 0 Å². The number of fused-ring (bicyclic) bond motifs is 1. The highest BCUT2D eigenvalue weighted by Crippen LogP contribution is 2.29. The van der Waals surface area contributed by atoms with E-state index < -0.39 is 0 Å². The number of hydrogen-bond acceptors (Lipinski definition) is 1. The molecule has 0 aliphatic rings. The van der Waals surface area contributed by atoms with Crippen molar-refractivity contribution >= 4 is 34.3 Å². The Balaban J connectivity index is 1.34. The summed E-state index contributed by atoms with van der Waals surface area (Å²) in [6.45, 7) is 7.64. The maximum Gasteiger partial charge on any atom is 0.0390 e. The molecule has 0 saturated carbocycles. The predicted molar refractivity (Wildman–Crippen MR) is 145 cm³/mol. The van der Waals surface area contributed by atoms with Gasteiger partial charge in [-0.3, -0.25) is 0 Å². The van der Waals surface area contributed by atoms with Crippen LogP contribution in [-0.4, -0.2) is 0 Å². The molecule has 0 heterocycles. The summed E-state index contributed by atoms with van der Waals surface area (Å²) in [6.07, 6.45) is 3.73. The van der Waals surface area contributed by atoms with E-state index in [9.17, 15) is 0 Å². The number of hydrogen-bond donors (Lipinski definition) is 1. The Morgan fingerprint density at radius 2 is 0.848 bits per heavy atom. The van der Waals surface area contributed by atoms with Crippen molar-refractivity contribution in [3.8, 4) is 22.3 Å². The van der Waals surface area contributed by atoms with Gasteiger partial charge in [0.25, 0.3) is 0 Å². The Labute approximate surface area is 195 Å². The second-order valence-corrected chi connectivity index (χ2v) is 8.13. The molecule has 0 amide bonds. The number of benzene rings is 5. The van der Waals surface area contributed by atoms with E-state index in [2.05, 4.69) is 128 Å². The van der Waals surface area contributed by atoms with Crippen LogP contribution in [0.25, 0.3) is 45.2 Å². The van der Waals surface area contributed by atoms with Crippen LogP contribution < -0.4 is 5.32 Å². The molecule has 0 saturated heterocycles.